The molecule has 21 saturated heterocycles. The zero-order valence-electron chi connectivity index (χ0n) is 94.8. The van der Waals surface area contributed by atoms with Crippen LogP contribution in [0.15, 0.2) is 0 Å². The maximum absolute atomic E-state index is 5.19. The summed E-state index contributed by atoms with van der Waals surface area (Å²) in [5.74, 6) is 32.5. The van der Waals surface area contributed by atoms with Crippen molar-refractivity contribution < 1.29 is 66.3 Å². The zero-order valence-corrected chi connectivity index (χ0v) is 105. The Labute approximate surface area is 956 Å². The fourth-order valence-electron chi connectivity index (χ4n) is 14.4. The van der Waals surface area contributed by atoms with Gasteiger partial charge in [-0.15, -0.1) is 0 Å². The molecule has 5 aliphatic carbocycles. The molecule has 876 valence electrons. The molecule has 5 saturated carbocycles. The molecule has 0 bridgehead atoms. The highest BCUT2D eigenvalue weighted by molar-refractivity contribution is 8.06. The molecule has 0 amide bonds. The molecule has 0 radical (unpaired) electrons. The highest BCUT2D eigenvalue weighted by atomic mass is 32.2. The monoisotopic (exact) mass is 2290 g/mol. The summed E-state index contributed by atoms with van der Waals surface area (Å²) in [5, 5.41) is 9.83. The van der Waals surface area contributed by atoms with Crippen LogP contribution in [0.25, 0.3) is 0 Å². The van der Waals surface area contributed by atoms with Gasteiger partial charge >= 0.3 is 0 Å². The molecule has 0 atom stereocenters. The van der Waals surface area contributed by atoms with Gasteiger partial charge in [0.05, 0.1) is 92.5 Å². The molecule has 26 fully saturated rings. The van der Waals surface area contributed by atoms with Crippen LogP contribution < -0.4 is 16.0 Å². The van der Waals surface area contributed by atoms with Crippen LogP contribution in [0.3, 0.4) is 0 Å². The minimum absolute atomic E-state index is 0.778. The third-order valence-corrected chi connectivity index (χ3v) is 37.0. The lowest BCUT2D eigenvalue weighted by molar-refractivity contribution is -0.0334. The average Bonchev–Trinajstić information content (AvgIpc) is 2.07. The fourth-order valence-corrected chi connectivity index (χ4v) is 24.0. The number of epoxide rings is 1. The molecule has 17 nitrogen and oxygen atoms in total. The Kier molecular flexibility index (Phi) is 146. The highest BCUT2D eigenvalue weighted by Gasteiger charge is 2.09. The Balaban J connectivity index is 0.000000761. The van der Waals surface area contributed by atoms with Gasteiger partial charge in [0.1, 0.15) is 0 Å². The number of rotatable bonds is 0. The van der Waals surface area contributed by atoms with E-state index in [1.54, 1.807) is 0 Å². The molecule has 0 spiro atoms. The Hall–Kier alpha value is 3.52. The quantitative estimate of drug-likeness (QED) is 0.155. The summed E-state index contributed by atoms with van der Waals surface area (Å²) in [6, 6.07) is 0. The Morgan fingerprint density at radius 1 is 0.0753 bits per heavy atom. The minimum Gasteiger partial charge on any atom is -0.381 e. The van der Waals surface area contributed by atoms with Crippen molar-refractivity contribution in [1.82, 2.24) is 16.0 Å². The van der Waals surface area contributed by atoms with Gasteiger partial charge in [-0.25, -0.2) is 0 Å². The smallest absolute Gasteiger partial charge is 0.0701 e. The van der Waals surface area contributed by atoms with Gasteiger partial charge in [0.15, 0.2) is 0 Å². The van der Waals surface area contributed by atoms with E-state index in [0.717, 1.165) is 205 Å². The van der Waals surface area contributed by atoms with E-state index < -0.39 is 0 Å². The maximum atomic E-state index is 5.19. The average molecular weight is 2290 g/mol. The van der Waals surface area contributed by atoms with Crippen LogP contribution in [0.2, 0.25) is 0 Å². The standard InChI is InChI=1S/C7H14.C6H12O.C6H12S.C6H12.C5H11NO.C5H11NS.C5H11N.C5H10O2.C5H10OS.2C5H10O.C5H10S2.2C5H10S.C5H10.C4H8O2.2C4H8OS.C4H8O.C4H8S.C4H8.C3H6O.C3H6S.C3H6.C2H4O.C2H4S/c3*1-2-4-6-7-5-3-1;1-2-4-6-5-3-1;2*1-2-6-3-5-7-4-1;1-2-4-6-5-3-1;1-2-6-4-5-7-3-1;1-2-6-3-5-7-4-1;2*1-2-4-6-5-3-1;1-2-6-4-5-7-3-1;2*1-2-4-6-5-3-1;1-2-4-5-3-1;1-2-6-4-3-5-1;2*1-3-6-4-2-5-1;2*1-2-4-5-3-1;3*1-2-4-3-1;3*1-2-3-1/h1-7H2;2*1-6H2;1-6H2;2*6H,1-5H2;6H,1-5H2;2*1-5H2;2*1-5H2;1-5H2;2*1-5H2;1-5H2;3*1-4H2;2*1-4H2;1-4H2;2*1-3H2;1-3H2;2*1-2H2. The largest absolute Gasteiger partial charge is 0.381 e. The molecule has 0 unspecified atom stereocenters. The second kappa shape index (κ2) is 145. The third-order valence-electron chi connectivity index (χ3n) is 24.5. The molecule has 0 aromatic heterocycles. The van der Waals surface area contributed by atoms with E-state index in [2.05, 4.69) is 103 Å². The number of nitrogens with one attached hydrogen (secondary N) is 3. The third kappa shape index (κ3) is 154. The first-order valence-corrected chi connectivity index (χ1v) is 75.0. The van der Waals surface area contributed by atoms with Crippen molar-refractivity contribution in [2.45, 2.75) is 379 Å². The lowest BCUT2D eigenvalue weighted by Gasteiger charge is -2.09. The molecule has 21 aliphatic heterocycles. The van der Waals surface area contributed by atoms with Crippen LogP contribution in [0, 0.1) is 0 Å². The minimum atomic E-state index is 0.778. The first-order valence-electron chi connectivity index (χ1n) is 61.1. The SMILES string of the molecule is C1CC1.C1CCC1.C1CCCC1.C1CCCCC1.C1CCCCCC1.C1CCCOCC1.C1CCCSCC1.C1CCNCC1.C1CCOC1.C1CCOCC1.C1CCOCC1.C1CCSC1.C1CCSCC1.C1CCSCC1.C1CNCCOC1.C1CNCCSC1.C1CO1.C1COC1.C1COCCO1.C1COCCOC1.C1COCCSC1.C1CS1.C1CSC1.C1CSCCO1.C1CSCCO1.C1CSCCSC1. The van der Waals surface area contributed by atoms with E-state index in [-0.39, 0.29) is 0 Å². The topological polar surface area (TPSA) is 169 Å². The number of thioether (sulfide) groups is 12. The van der Waals surface area contributed by atoms with Crippen molar-refractivity contribution in [3.8, 4) is 0 Å². The van der Waals surface area contributed by atoms with Crippen molar-refractivity contribution in [1.29, 1.82) is 0 Å². The molecule has 146 heavy (non-hydrogen) atoms. The van der Waals surface area contributed by atoms with E-state index in [1.165, 1.54) is 537 Å². The van der Waals surface area contributed by atoms with E-state index >= 15 is 0 Å². The molecule has 3 N–H and O–H groups in total. The van der Waals surface area contributed by atoms with Crippen LogP contribution in [0.5, 0.6) is 0 Å². The van der Waals surface area contributed by atoms with Crippen molar-refractivity contribution in [2.24, 2.45) is 0 Å². The van der Waals surface area contributed by atoms with Crippen molar-refractivity contribution >= 4 is 141 Å². The Bertz CT molecular complexity index is 1480. The summed E-state index contributed by atoms with van der Waals surface area (Å²) in [7, 11) is 0. The predicted molar refractivity (Wildman–Crippen MR) is 670 cm³/mol. The summed E-state index contributed by atoms with van der Waals surface area (Å²) in [5.41, 5.74) is 0. The summed E-state index contributed by atoms with van der Waals surface area (Å²) in [6.07, 6.45) is 84.0. The zero-order chi connectivity index (χ0) is 103. The molecular formula is C117H237N3O14S12. The van der Waals surface area contributed by atoms with Gasteiger partial charge in [-0.3, -0.25) is 0 Å². The second-order valence-electron chi connectivity index (χ2n) is 39.0. The lowest BCUT2D eigenvalue weighted by atomic mass is 10.0. The summed E-state index contributed by atoms with van der Waals surface area (Å²) in [6.45, 7) is 33.1. The van der Waals surface area contributed by atoms with E-state index in [0.29, 0.717) is 0 Å². The summed E-state index contributed by atoms with van der Waals surface area (Å²) in [4.78, 5) is 0. The van der Waals surface area contributed by atoms with Gasteiger partial charge in [-0.1, -0.05) is 205 Å². The van der Waals surface area contributed by atoms with Gasteiger partial charge in [0.25, 0.3) is 0 Å². The van der Waals surface area contributed by atoms with Crippen LogP contribution in [0.4, 0.5) is 0 Å². The number of hydrogen-bond donors (Lipinski definition) is 3. The van der Waals surface area contributed by atoms with Crippen molar-refractivity contribution in [2.75, 3.05) is 362 Å². The van der Waals surface area contributed by atoms with Crippen LogP contribution in [-0.2, 0) is 66.3 Å². The normalized spacial score (nSPS) is 24.0. The predicted octanol–water partition coefficient (Wildman–Crippen LogP) is 30.8. The van der Waals surface area contributed by atoms with E-state index in [1.807, 2.05) is 58.8 Å². The van der Waals surface area contributed by atoms with Gasteiger partial charge in [0, 0.05) is 163 Å². The van der Waals surface area contributed by atoms with Gasteiger partial charge in [-0.2, -0.15) is 141 Å². The molecule has 29 heteroatoms. The first-order chi connectivity index (χ1) is 73.0. The van der Waals surface area contributed by atoms with Crippen molar-refractivity contribution in [3.63, 3.8) is 0 Å². The number of piperidine rings is 1. The number of ether oxygens (including phenoxy) is 14. The molecule has 0 aromatic carbocycles. The summed E-state index contributed by atoms with van der Waals surface area (Å²) >= 11 is 24.6. The first kappa shape index (κ1) is 148. The fraction of sp³-hybridized carbons (Fsp3) is 1.00. The lowest BCUT2D eigenvalue weighted by Crippen LogP contribution is -2.21. The van der Waals surface area contributed by atoms with Crippen LogP contribution >= 0.6 is 141 Å². The Morgan fingerprint density at radius 3 is 0.527 bits per heavy atom. The van der Waals surface area contributed by atoms with E-state index in [9.17, 15) is 0 Å². The van der Waals surface area contributed by atoms with Gasteiger partial charge in [-0.05, 0) is 280 Å². The maximum Gasteiger partial charge on any atom is 0.0701 e. The van der Waals surface area contributed by atoms with E-state index in [4.69, 9.17) is 61.6 Å². The van der Waals surface area contributed by atoms with Crippen molar-refractivity contribution in [3.05, 3.63) is 0 Å². The Morgan fingerprint density at radius 2 is 0.233 bits per heavy atom. The van der Waals surface area contributed by atoms with Crippen LogP contribution in [-0.4, -0.2) is 362 Å². The number of hydrogen-bond acceptors (Lipinski definition) is 29. The molecule has 0 aromatic rings. The molecule has 26 aliphatic rings. The second-order valence-corrected chi connectivity index (χ2v) is 53.7. The highest BCUT2D eigenvalue weighted by Crippen LogP contribution is 2.23. The van der Waals surface area contributed by atoms with Gasteiger partial charge in [0.2, 0.25) is 0 Å². The molecule has 21 heterocycles. The summed E-state index contributed by atoms with van der Waals surface area (Å²) < 4.78 is 69.9. The van der Waals surface area contributed by atoms with Gasteiger partial charge < -0.3 is 82.3 Å². The molecule has 26 rings (SSSR count). The molecular weight excluding hydrogens is 2060 g/mol. The van der Waals surface area contributed by atoms with Crippen LogP contribution in [0.1, 0.15) is 379 Å².